The first-order valence-corrected chi connectivity index (χ1v) is 7.71. The number of hydrogen-bond donors (Lipinski definition) is 0. The molecule has 1 amide bonds. The van der Waals surface area contributed by atoms with Crippen LogP contribution < -0.4 is 5.56 Å². The van der Waals surface area contributed by atoms with Gasteiger partial charge in [-0.2, -0.15) is 0 Å². The minimum Gasteiger partial charge on any atom is -0.336 e. The molecule has 6 heteroatoms. The maximum Gasteiger partial charge on any atom is 0.278 e. The first-order valence-electron chi connectivity index (χ1n) is 7.71. The zero-order valence-corrected chi connectivity index (χ0v) is 12.9. The lowest BCUT2D eigenvalue weighted by molar-refractivity contribution is -0.138. The van der Waals surface area contributed by atoms with Gasteiger partial charge in [-0.05, 0) is 45.2 Å². The van der Waals surface area contributed by atoms with Crippen molar-refractivity contribution in [3.05, 3.63) is 34.6 Å². The lowest BCUT2D eigenvalue weighted by atomic mass is 9.97. The summed E-state index contributed by atoms with van der Waals surface area (Å²) in [5.74, 6) is -0.0635. The summed E-state index contributed by atoms with van der Waals surface area (Å²) in [5, 5.41) is 8.41. The Hall–Kier alpha value is -2.24. The van der Waals surface area contributed by atoms with Crippen LogP contribution in [0.15, 0.2) is 29.1 Å². The van der Waals surface area contributed by atoms with Gasteiger partial charge in [0.1, 0.15) is 12.1 Å². The number of benzene rings is 1. The molecule has 1 aliphatic heterocycles. The number of carbonyl (C=O) groups is 1. The topological polar surface area (TPSA) is 68.1 Å². The third kappa shape index (κ3) is 2.61. The summed E-state index contributed by atoms with van der Waals surface area (Å²) in [6.45, 7) is 4.07. The van der Waals surface area contributed by atoms with Crippen LogP contribution in [0.2, 0.25) is 0 Å². The number of carbonyl (C=O) groups excluding carboxylic acids is 1. The predicted octanol–water partition coefficient (Wildman–Crippen LogP) is 1.58. The van der Waals surface area contributed by atoms with Gasteiger partial charge in [-0.25, -0.2) is 4.68 Å². The first kappa shape index (κ1) is 14.7. The molecule has 0 bridgehead atoms. The second kappa shape index (κ2) is 5.87. The Labute approximate surface area is 128 Å². The van der Waals surface area contributed by atoms with E-state index in [1.54, 1.807) is 18.2 Å². The van der Waals surface area contributed by atoms with Crippen molar-refractivity contribution in [1.82, 2.24) is 19.9 Å². The Morgan fingerprint density at radius 3 is 2.64 bits per heavy atom. The van der Waals surface area contributed by atoms with Crippen LogP contribution in [0.1, 0.15) is 33.1 Å². The summed E-state index contributed by atoms with van der Waals surface area (Å²) < 4.78 is 1.17. The van der Waals surface area contributed by atoms with E-state index in [-0.39, 0.29) is 30.1 Å². The summed E-state index contributed by atoms with van der Waals surface area (Å²) in [6, 6.07) is 7.46. The Morgan fingerprint density at radius 2 is 1.91 bits per heavy atom. The second-order valence-corrected chi connectivity index (χ2v) is 6.00. The first-order chi connectivity index (χ1) is 10.6. The van der Waals surface area contributed by atoms with Gasteiger partial charge in [-0.3, -0.25) is 9.59 Å². The van der Waals surface area contributed by atoms with Crippen molar-refractivity contribution in [2.24, 2.45) is 0 Å². The van der Waals surface area contributed by atoms with Crippen molar-refractivity contribution in [3.8, 4) is 0 Å². The number of rotatable bonds is 2. The average molecular weight is 300 g/mol. The third-order valence-corrected chi connectivity index (χ3v) is 4.40. The molecule has 0 saturated carbocycles. The van der Waals surface area contributed by atoms with Crippen LogP contribution >= 0.6 is 0 Å². The fraction of sp³-hybridized carbons (Fsp3) is 0.500. The Morgan fingerprint density at radius 1 is 1.23 bits per heavy atom. The highest BCUT2D eigenvalue weighted by molar-refractivity contribution is 5.78. The molecule has 6 nitrogen and oxygen atoms in total. The molecule has 1 aromatic carbocycles. The minimum atomic E-state index is -0.267. The Bertz CT molecular complexity index is 745. The lowest BCUT2D eigenvalue weighted by Crippen LogP contribution is -2.49. The largest absolute Gasteiger partial charge is 0.336 e. The maximum absolute atomic E-state index is 12.6. The average Bonchev–Trinajstić information content (AvgIpc) is 2.50. The van der Waals surface area contributed by atoms with E-state index >= 15 is 0 Å². The van der Waals surface area contributed by atoms with Gasteiger partial charge >= 0.3 is 0 Å². The Balaban J connectivity index is 1.88. The summed E-state index contributed by atoms with van der Waals surface area (Å²) in [7, 11) is 0. The van der Waals surface area contributed by atoms with Gasteiger partial charge in [0, 0.05) is 12.1 Å². The van der Waals surface area contributed by atoms with Crippen LogP contribution in [0.5, 0.6) is 0 Å². The monoisotopic (exact) mass is 300 g/mol. The molecule has 2 atom stereocenters. The fourth-order valence-corrected chi connectivity index (χ4v) is 3.25. The summed E-state index contributed by atoms with van der Waals surface area (Å²) in [5.41, 5.74) is 0.284. The minimum absolute atomic E-state index is 0.0503. The van der Waals surface area contributed by atoms with Crippen LogP contribution in [0.25, 0.3) is 10.9 Å². The van der Waals surface area contributed by atoms with Gasteiger partial charge in [0.2, 0.25) is 5.91 Å². The number of aromatic nitrogens is 3. The Kier molecular flexibility index (Phi) is 3.92. The normalized spacial score (nSPS) is 22.0. The number of fused-ring (bicyclic) bond motifs is 1. The van der Waals surface area contributed by atoms with Crippen molar-refractivity contribution in [1.29, 1.82) is 0 Å². The molecule has 116 valence electrons. The molecule has 1 fully saturated rings. The van der Waals surface area contributed by atoms with E-state index in [0.29, 0.717) is 10.9 Å². The molecular formula is C16H20N4O2. The van der Waals surface area contributed by atoms with Crippen molar-refractivity contribution in [2.45, 2.75) is 51.7 Å². The number of piperidine rings is 1. The highest BCUT2D eigenvalue weighted by Gasteiger charge is 2.29. The van der Waals surface area contributed by atoms with E-state index in [2.05, 4.69) is 24.2 Å². The van der Waals surface area contributed by atoms with Gasteiger partial charge in [-0.1, -0.05) is 17.3 Å². The summed E-state index contributed by atoms with van der Waals surface area (Å²) >= 11 is 0. The summed E-state index contributed by atoms with van der Waals surface area (Å²) in [4.78, 5) is 26.9. The van der Waals surface area contributed by atoms with Crippen molar-refractivity contribution >= 4 is 16.8 Å². The molecule has 2 heterocycles. The van der Waals surface area contributed by atoms with Crippen LogP contribution in [-0.4, -0.2) is 37.9 Å². The molecule has 3 rings (SSSR count). The van der Waals surface area contributed by atoms with E-state index in [9.17, 15) is 9.59 Å². The van der Waals surface area contributed by atoms with E-state index in [1.165, 1.54) is 4.68 Å². The second-order valence-electron chi connectivity index (χ2n) is 6.00. The SMILES string of the molecule is C[C@H]1CCC[C@H](C)N1C(=O)Cn1nnc2ccccc2c1=O. The number of likely N-dealkylation sites (tertiary alicyclic amines) is 1. The highest BCUT2D eigenvalue weighted by atomic mass is 16.2. The van der Waals surface area contributed by atoms with Crippen molar-refractivity contribution in [2.75, 3.05) is 0 Å². The van der Waals surface area contributed by atoms with E-state index in [1.807, 2.05) is 11.0 Å². The number of nitrogens with zero attached hydrogens (tertiary/aromatic N) is 4. The molecule has 0 N–H and O–H groups in total. The molecule has 22 heavy (non-hydrogen) atoms. The van der Waals surface area contributed by atoms with Gasteiger partial charge in [0.05, 0.1) is 5.39 Å². The van der Waals surface area contributed by atoms with Crippen molar-refractivity contribution < 1.29 is 4.79 Å². The van der Waals surface area contributed by atoms with E-state index in [0.717, 1.165) is 19.3 Å². The standard InChI is InChI=1S/C16H20N4O2/c1-11-6-5-7-12(2)20(11)15(21)10-19-16(22)13-8-3-4-9-14(13)17-18-19/h3-4,8-9,11-12H,5-7,10H2,1-2H3/t11-,12-/m0/s1. The molecule has 0 aliphatic carbocycles. The van der Waals surface area contributed by atoms with E-state index in [4.69, 9.17) is 0 Å². The molecule has 1 aliphatic rings. The van der Waals surface area contributed by atoms with Gasteiger partial charge < -0.3 is 4.90 Å². The molecule has 2 aromatic rings. The zero-order chi connectivity index (χ0) is 15.7. The molecule has 1 saturated heterocycles. The molecule has 0 radical (unpaired) electrons. The molecular weight excluding hydrogens is 280 g/mol. The van der Waals surface area contributed by atoms with Gasteiger partial charge in [0.15, 0.2) is 0 Å². The van der Waals surface area contributed by atoms with Crippen LogP contribution in [0.3, 0.4) is 0 Å². The van der Waals surface area contributed by atoms with Crippen LogP contribution in [0, 0.1) is 0 Å². The summed E-state index contributed by atoms with van der Waals surface area (Å²) in [6.07, 6.45) is 3.16. The third-order valence-electron chi connectivity index (χ3n) is 4.40. The predicted molar refractivity (Wildman–Crippen MR) is 83.4 cm³/mol. The number of amides is 1. The van der Waals surface area contributed by atoms with Crippen LogP contribution in [-0.2, 0) is 11.3 Å². The molecule has 1 aromatic heterocycles. The fourth-order valence-electron chi connectivity index (χ4n) is 3.25. The highest BCUT2D eigenvalue weighted by Crippen LogP contribution is 2.22. The molecule has 0 unspecified atom stereocenters. The smallest absolute Gasteiger partial charge is 0.278 e. The molecule has 0 spiro atoms. The number of hydrogen-bond acceptors (Lipinski definition) is 4. The van der Waals surface area contributed by atoms with Crippen molar-refractivity contribution in [3.63, 3.8) is 0 Å². The maximum atomic E-state index is 12.6. The van der Waals surface area contributed by atoms with Gasteiger partial charge in [0.25, 0.3) is 5.56 Å². The zero-order valence-electron chi connectivity index (χ0n) is 12.9. The van der Waals surface area contributed by atoms with Gasteiger partial charge in [-0.15, -0.1) is 5.10 Å². The van der Waals surface area contributed by atoms with Crippen LogP contribution in [0.4, 0.5) is 0 Å². The quantitative estimate of drug-likeness (QED) is 0.844. The lowest BCUT2D eigenvalue weighted by Gasteiger charge is -2.39. The van der Waals surface area contributed by atoms with E-state index < -0.39 is 0 Å².